The predicted molar refractivity (Wildman–Crippen MR) is 76.8 cm³/mol. The first-order valence-corrected chi connectivity index (χ1v) is 7.01. The molecule has 0 bridgehead atoms. The Morgan fingerprint density at radius 1 is 1.30 bits per heavy atom. The smallest absolute Gasteiger partial charge is 0.371 e. The third kappa shape index (κ3) is 2.43. The van der Waals surface area contributed by atoms with Crippen LogP contribution in [0.15, 0.2) is 28.7 Å². The first-order chi connectivity index (χ1) is 9.52. The summed E-state index contributed by atoms with van der Waals surface area (Å²) in [5.74, 6) is 0.461. The Kier molecular flexibility index (Phi) is 3.26. The first-order valence-electron chi connectivity index (χ1n) is 7.01. The maximum Gasteiger partial charge on any atom is 0.371 e. The molecule has 1 fully saturated rings. The van der Waals surface area contributed by atoms with Crippen LogP contribution in [0.4, 0.5) is 0 Å². The first kappa shape index (κ1) is 13.2. The zero-order valence-electron chi connectivity index (χ0n) is 11.8. The van der Waals surface area contributed by atoms with E-state index in [0.717, 1.165) is 36.9 Å². The highest BCUT2D eigenvalue weighted by atomic mass is 16.4. The molecule has 0 radical (unpaired) electrons. The van der Waals surface area contributed by atoms with Crippen LogP contribution in [0.1, 0.15) is 30.0 Å². The number of benzene rings is 1. The van der Waals surface area contributed by atoms with Crippen molar-refractivity contribution < 1.29 is 14.3 Å². The Bertz CT molecular complexity index is 636. The fraction of sp³-hybridized carbons (Fsp3) is 0.438. The maximum atomic E-state index is 10.9. The summed E-state index contributed by atoms with van der Waals surface area (Å²) < 4.78 is 5.28. The van der Waals surface area contributed by atoms with E-state index >= 15 is 0 Å². The third-order valence-corrected chi connectivity index (χ3v) is 4.26. The minimum absolute atomic E-state index is 0.000525. The molecule has 1 N–H and O–H groups in total. The molecule has 1 aliphatic rings. The standard InChI is InChI=1S/C16H19NO3/c1-10-7-17(8-11(10)2)9-12-3-4-14-13(5-12)6-15(20-14)16(18)19/h3-6,10-11H,7-9H2,1-2H3,(H,18,19). The summed E-state index contributed by atoms with van der Waals surface area (Å²) in [5.41, 5.74) is 1.84. The monoisotopic (exact) mass is 273 g/mol. The number of hydrogen-bond donors (Lipinski definition) is 1. The van der Waals surface area contributed by atoms with Crippen molar-refractivity contribution in [1.29, 1.82) is 0 Å². The van der Waals surface area contributed by atoms with Crippen LogP contribution in [0.25, 0.3) is 11.0 Å². The lowest BCUT2D eigenvalue weighted by molar-refractivity contribution is 0.0665. The van der Waals surface area contributed by atoms with Gasteiger partial charge in [0.05, 0.1) is 0 Å². The van der Waals surface area contributed by atoms with Crippen LogP contribution in [-0.4, -0.2) is 29.1 Å². The molecule has 4 heteroatoms. The molecule has 1 aromatic heterocycles. The maximum absolute atomic E-state index is 10.9. The van der Waals surface area contributed by atoms with Crippen LogP contribution in [0, 0.1) is 11.8 Å². The molecule has 3 rings (SSSR count). The van der Waals surface area contributed by atoms with E-state index in [-0.39, 0.29) is 5.76 Å². The van der Waals surface area contributed by atoms with Crippen molar-refractivity contribution in [2.75, 3.05) is 13.1 Å². The molecule has 2 aromatic rings. The normalized spacial score (nSPS) is 23.5. The predicted octanol–water partition coefficient (Wildman–Crippen LogP) is 3.22. The Morgan fingerprint density at radius 2 is 2.00 bits per heavy atom. The highest BCUT2D eigenvalue weighted by Gasteiger charge is 2.25. The van der Waals surface area contributed by atoms with E-state index in [4.69, 9.17) is 9.52 Å². The van der Waals surface area contributed by atoms with Crippen molar-refractivity contribution in [1.82, 2.24) is 4.90 Å². The van der Waals surface area contributed by atoms with Gasteiger partial charge in [0.25, 0.3) is 0 Å². The SMILES string of the molecule is CC1CN(Cc2ccc3oc(C(=O)O)cc3c2)CC1C. The van der Waals surface area contributed by atoms with Gasteiger partial charge in [0, 0.05) is 25.0 Å². The molecule has 1 aromatic carbocycles. The van der Waals surface area contributed by atoms with Gasteiger partial charge >= 0.3 is 5.97 Å². The number of aromatic carboxylic acids is 1. The second kappa shape index (κ2) is 4.94. The summed E-state index contributed by atoms with van der Waals surface area (Å²) in [6.07, 6.45) is 0. The van der Waals surface area contributed by atoms with Crippen LogP contribution >= 0.6 is 0 Å². The van der Waals surface area contributed by atoms with Crippen molar-refractivity contribution in [3.63, 3.8) is 0 Å². The number of carboxylic acid groups (broad SMARTS) is 1. The fourth-order valence-corrected chi connectivity index (χ4v) is 2.93. The van der Waals surface area contributed by atoms with E-state index in [9.17, 15) is 4.79 Å². The molecular weight excluding hydrogens is 254 g/mol. The molecule has 1 aliphatic heterocycles. The second-order valence-corrected chi connectivity index (χ2v) is 5.94. The lowest BCUT2D eigenvalue weighted by atomic mass is 10.0. The summed E-state index contributed by atoms with van der Waals surface area (Å²) in [7, 11) is 0. The number of likely N-dealkylation sites (tertiary alicyclic amines) is 1. The molecule has 2 atom stereocenters. The van der Waals surface area contributed by atoms with Gasteiger partial charge in [-0.05, 0) is 35.6 Å². The van der Waals surface area contributed by atoms with Gasteiger partial charge in [-0.2, -0.15) is 0 Å². The van der Waals surface area contributed by atoms with Crippen molar-refractivity contribution in [3.8, 4) is 0 Å². The van der Waals surface area contributed by atoms with Gasteiger partial charge in [-0.1, -0.05) is 19.9 Å². The van der Waals surface area contributed by atoms with Gasteiger partial charge in [-0.15, -0.1) is 0 Å². The largest absolute Gasteiger partial charge is 0.475 e. The third-order valence-electron chi connectivity index (χ3n) is 4.26. The van der Waals surface area contributed by atoms with E-state index in [0.29, 0.717) is 5.58 Å². The number of furan rings is 1. The molecule has 106 valence electrons. The summed E-state index contributed by atoms with van der Waals surface area (Å²) in [4.78, 5) is 13.4. The van der Waals surface area contributed by atoms with E-state index in [1.165, 1.54) is 5.56 Å². The summed E-state index contributed by atoms with van der Waals surface area (Å²) in [5, 5.41) is 9.80. The Labute approximate surface area is 118 Å². The highest BCUT2D eigenvalue weighted by Crippen LogP contribution is 2.26. The van der Waals surface area contributed by atoms with Gasteiger partial charge < -0.3 is 9.52 Å². The average Bonchev–Trinajstić information content (AvgIpc) is 2.93. The number of hydrogen-bond acceptors (Lipinski definition) is 3. The van der Waals surface area contributed by atoms with E-state index < -0.39 is 5.97 Å². The quantitative estimate of drug-likeness (QED) is 0.933. The van der Waals surface area contributed by atoms with Crippen LogP contribution in [-0.2, 0) is 6.54 Å². The minimum atomic E-state index is -1.02. The Morgan fingerprint density at radius 3 is 2.65 bits per heavy atom. The number of carbonyl (C=O) groups is 1. The summed E-state index contributed by atoms with van der Waals surface area (Å²) in [6.45, 7) is 7.76. The minimum Gasteiger partial charge on any atom is -0.475 e. The van der Waals surface area contributed by atoms with Crippen LogP contribution in [0.5, 0.6) is 0 Å². The van der Waals surface area contributed by atoms with Crippen molar-refractivity contribution >= 4 is 16.9 Å². The van der Waals surface area contributed by atoms with Crippen molar-refractivity contribution in [3.05, 3.63) is 35.6 Å². The molecule has 0 spiro atoms. The number of carboxylic acids is 1. The molecule has 4 nitrogen and oxygen atoms in total. The van der Waals surface area contributed by atoms with Crippen LogP contribution < -0.4 is 0 Å². The van der Waals surface area contributed by atoms with Gasteiger partial charge in [-0.25, -0.2) is 4.79 Å². The summed E-state index contributed by atoms with van der Waals surface area (Å²) >= 11 is 0. The molecule has 20 heavy (non-hydrogen) atoms. The summed E-state index contributed by atoms with van der Waals surface area (Å²) in [6, 6.07) is 7.50. The van der Waals surface area contributed by atoms with Crippen LogP contribution in [0.2, 0.25) is 0 Å². The Balaban J connectivity index is 1.80. The molecule has 2 unspecified atom stereocenters. The molecule has 0 amide bonds. The molecule has 0 saturated carbocycles. The molecular formula is C16H19NO3. The van der Waals surface area contributed by atoms with Crippen LogP contribution in [0.3, 0.4) is 0 Å². The number of fused-ring (bicyclic) bond motifs is 1. The highest BCUT2D eigenvalue weighted by molar-refractivity contribution is 5.91. The number of nitrogens with zero attached hydrogens (tertiary/aromatic N) is 1. The topological polar surface area (TPSA) is 53.7 Å². The van der Waals surface area contributed by atoms with Gasteiger partial charge in [0.1, 0.15) is 5.58 Å². The number of rotatable bonds is 3. The van der Waals surface area contributed by atoms with Crippen molar-refractivity contribution in [2.45, 2.75) is 20.4 Å². The average molecular weight is 273 g/mol. The Hall–Kier alpha value is -1.81. The molecule has 1 saturated heterocycles. The molecule has 2 heterocycles. The second-order valence-electron chi connectivity index (χ2n) is 5.94. The van der Waals surface area contributed by atoms with Gasteiger partial charge in [0.2, 0.25) is 5.76 Å². The van der Waals surface area contributed by atoms with E-state index in [1.54, 1.807) is 6.07 Å². The lowest BCUT2D eigenvalue weighted by Gasteiger charge is -2.15. The van der Waals surface area contributed by atoms with Crippen molar-refractivity contribution in [2.24, 2.45) is 11.8 Å². The van der Waals surface area contributed by atoms with Gasteiger partial charge in [0.15, 0.2) is 0 Å². The van der Waals surface area contributed by atoms with E-state index in [1.807, 2.05) is 18.2 Å². The zero-order chi connectivity index (χ0) is 14.3. The molecule has 0 aliphatic carbocycles. The van der Waals surface area contributed by atoms with Gasteiger partial charge in [-0.3, -0.25) is 4.90 Å². The van der Waals surface area contributed by atoms with E-state index in [2.05, 4.69) is 18.7 Å². The lowest BCUT2D eigenvalue weighted by Crippen LogP contribution is -2.19. The fourth-order valence-electron chi connectivity index (χ4n) is 2.93. The zero-order valence-corrected chi connectivity index (χ0v) is 11.8.